The van der Waals surface area contributed by atoms with Crippen molar-refractivity contribution >= 4 is 109 Å². The number of nitrogen functional groups attached to an aromatic ring is 2. The molecule has 0 radical (unpaired) electrons. The molecule has 2 atom stereocenters. The molecule has 5 aromatic rings. The molecular weight excluding hydrogens is 756 g/mol. The van der Waals surface area contributed by atoms with Crippen molar-refractivity contribution in [1.29, 1.82) is 0 Å². The molecule has 38 heavy (non-hydrogen) atoms. The molecule has 0 bridgehead atoms. The SMILES string of the molecule is Nc1nc2c3c(c4nc(N)[nH]c4c2[nH]1)[C@H](CNC(=O)c1cc(Br)c(Br)[nH]1)[C@H]3CNC(=O)c1cc(Br)c(Br)[nH]1. The minimum absolute atomic E-state index is 0.175. The van der Waals surface area contributed by atoms with Gasteiger partial charge in [0, 0.05) is 24.9 Å². The number of imidazole rings is 2. The first-order chi connectivity index (χ1) is 18.1. The predicted molar refractivity (Wildman–Crippen MR) is 157 cm³/mol. The first-order valence-electron chi connectivity index (χ1n) is 11.2. The van der Waals surface area contributed by atoms with Gasteiger partial charge in [-0.05, 0) is 87.0 Å². The van der Waals surface area contributed by atoms with Gasteiger partial charge in [-0.15, -0.1) is 0 Å². The van der Waals surface area contributed by atoms with Crippen molar-refractivity contribution in [2.45, 2.75) is 11.8 Å². The quantitative estimate of drug-likeness (QED) is 0.126. The molecular formula is C22H18Br4N10O2. The van der Waals surface area contributed by atoms with E-state index in [1.165, 1.54) is 0 Å². The van der Waals surface area contributed by atoms with E-state index in [2.05, 4.69) is 104 Å². The first-order valence-corrected chi connectivity index (χ1v) is 14.4. The number of nitrogens with two attached hydrogens (primary N) is 2. The second-order valence-electron chi connectivity index (χ2n) is 8.84. The van der Waals surface area contributed by atoms with Crippen molar-refractivity contribution in [3.63, 3.8) is 0 Å². The summed E-state index contributed by atoms with van der Waals surface area (Å²) in [6, 6.07) is 3.39. The number of hydrogen-bond donors (Lipinski definition) is 8. The molecule has 4 aromatic heterocycles. The van der Waals surface area contributed by atoms with Crippen LogP contribution >= 0.6 is 63.7 Å². The van der Waals surface area contributed by atoms with E-state index in [1.807, 2.05) is 0 Å². The summed E-state index contributed by atoms with van der Waals surface area (Å²) in [7, 11) is 0. The summed E-state index contributed by atoms with van der Waals surface area (Å²) in [6.45, 7) is 0.598. The van der Waals surface area contributed by atoms with E-state index < -0.39 is 0 Å². The Hall–Kier alpha value is -2.82. The summed E-state index contributed by atoms with van der Waals surface area (Å²) in [5, 5.41) is 6.00. The number of aromatic nitrogens is 6. The Morgan fingerprint density at radius 3 is 1.47 bits per heavy atom. The summed E-state index contributed by atoms with van der Waals surface area (Å²) in [5.41, 5.74) is 17.4. The highest BCUT2D eigenvalue weighted by atomic mass is 79.9. The van der Waals surface area contributed by atoms with Gasteiger partial charge in [0.2, 0.25) is 0 Å². The van der Waals surface area contributed by atoms with Crippen LogP contribution in [0.5, 0.6) is 0 Å². The van der Waals surface area contributed by atoms with E-state index in [9.17, 15) is 9.59 Å². The number of H-pyrrole nitrogens is 4. The van der Waals surface area contributed by atoms with Gasteiger partial charge in [0.05, 0.1) is 40.2 Å². The summed E-state index contributed by atoms with van der Waals surface area (Å²) in [6.07, 6.45) is 0. The average Bonchev–Trinajstić information content (AvgIpc) is 3.60. The lowest BCUT2D eigenvalue weighted by molar-refractivity contribution is 0.0927. The van der Waals surface area contributed by atoms with Gasteiger partial charge in [0.1, 0.15) is 11.4 Å². The summed E-state index contributed by atoms with van der Waals surface area (Å²) in [5.74, 6) is -0.373. The molecule has 4 heterocycles. The van der Waals surface area contributed by atoms with Gasteiger partial charge in [-0.1, -0.05) is 0 Å². The smallest absolute Gasteiger partial charge is 0.267 e. The number of carbonyl (C=O) groups excluding carboxylic acids is 2. The number of anilines is 2. The number of amides is 2. The van der Waals surface area contributed by atoms with Gasteiger partial charge in [-0.2, -0.15) is 0 Å². The molecule has 12 nitrogen and oxygen atoms in total. The van der Waals surface area contributed by atoms with Crippen LogP contribution in [0.25, 0.3) is 22.1 Å². The highest BCUT2D eigenvalue weighted by molar-refractivity contribution is 9.13. The van der Waals surface area contributed by atoms with Crippen LogP contribution in [-0.2, 0) is 0 Å². The Balaban J connectivity index is 1.35. The molecule has 6 rings (SSSR count). The Morgan fingerprint density at radius 2 is 1.13 bits per heavy atom. The van der Waals surface area contributed by atoms with Crippen molar-refractivity contribution in [2.24, 2.45) is 0 Å². The van der Waals surface area contributed by atoms with Gasteiger partial charge in [0.25, 0.3) is 11.8 Å². The monoisotopic (exact) mass is 770 g/mol. The maximum Gasteiger partial charge on any atom is 0.267 e. The number of halogens is 4. The zero-order valence-corrected chi connectivity index (χ0v) is 25.4. The normalized spacial score (nSPS) is 16.5. The zero-order valence-electron chi connectivity index (χ0n) is 19.1. The molecule has 0 fully saturated rings. The van der Waals surface area contributed by atoms with Crippen LogP contribution in [-0.4, -0.2) is 54.8 Å². The average molecular weight is 774 g/mol. The van der Waals surface area contributed by atoms with Crippen LogP contribution in [0.3, 0.4) is 0 Å². The van der Waals surface area contributed by atoms with Crippen molar-refractivity contribution in [3.05, 3.63) is 52.8 Å². The van der Waals surface area contributed by atoms with Crippen LogP contribution in [0.4, 0.5) is 11.9 Å². The lowest BCUT2D eigenvalue weighted by Gasteiger charge is -2.40. The van der Waals surface area contributed by atoms with E-state index in [4.69, 9.17) is 11.5 Å². The lowest BCUT2D eigenvalue weighted by atomic mass is 9.66. The van der Waals surface area contributed by atoms with Crippen LogP contribution in [0.1, 0.15) is 43.9 Å². The first kappa shape index (κ1) is 25.5. The number of fused-ring (bicyclic) bond motifs is 6. The Labute approximate surface area is 247 Å². The van der Waals surface area contributed by atoms with Crippen LogP contribution < -0.4 is 22.1 Å². The number of hydrogen-bond acceptors (Lipinski definition) is 6. The molecule has 0 saturated heterocycles. The molecule has 1 aliphatic carbocycles. The number of aromatic amines is 4. The fourth-order valence-corrected chi connectivity index (χ4v) is 6.30. The van der Waals surface area contributed by atoms with Crippen molar-refractivity contribution in [1.82, 2.24) is 40.5 Å². The van der Waals surface area contributed by atoms with Crippen LogP contribution in [0.15, 0.2) is 30.3 Å². The van der Waals surface area contributed by atoms with E-state index in [0.29, 0.717) is 55.8 Å². The molecule has 1 aliphatic rings. The van der Waals surface area contributed by atoms with Gasteiger partial charge < -0.3 is 42.0 Å². The minimum atomic E-state index is -0.267. The molecule has 0 aliphatic heterocycles. The molecule has 0 unspecified atom stereocenters. The summed E-state index contributed by atoms with van der Waals surface area (Å²) < 4.78 is 2.83. The van der Waals surface area contributed by atoms with Gasteiger partial charge in [-0.25, -0.2) is 9.97 Å². The predicted octanol–water partition coefficient (Wildman–Crippen LogP) is 4.35. The largest absolute Gasteiger partial charge is 0.369 e. The van der Waals surface area contributed by atoms with Gasteiger partial charge >= 0.3 is 0 Å². The lowest BCUT2D eigenvalue weighted by Crippen LogP contribution is -2.42. The van der Waals surface area contributed by atoms with Gasteiger partial charge in [-0.3, -0.25) is 9.59 Å². The minimum Gasteiger partial charge on any atom is -0.369 e. The van der Waals surface area contributed by atoms with E-state index in [0.717, 1.165) is 20.1 Å². The van der Waals surface area contributed by atoms with Crippen molar-refractivity contribution < 1.29 is 9.59 Å². The highest BCUT2D eigenvalue weighted by Gasteiger charge is 2.43. The third-order valence-corrected chi connectivity index (χ3v) is 10.2. The number of benzene rings is 1. The van der Waals surface area contributed by atoms with Crippen molar-refractivity contribution in [3.8, 4) is 0 Å². The third-order valence-electron chi connectivity index (χ3n) is 6.63. The fraction of sp³-hybridized carbons (Fsp3) is 0.182. The summed E-state index contributed by atoms with van der Waals surface area (Å²) in [4.78, 5) is 47.0. The number of carbonyl (C=O) groups is 2. The molecule has 2 amide bonds. The maximum absolute atomic E-state index is 12.9. The molecule has 196 valence electrons. The molecule has 0 saturated carbocycles. The summed E-state index contributed by atoms with van der Waals surface area (Å²) >= 11 is 13.5. The molecule has 10 N–H and O–H groups in total. The van der Waals surface area contributed by atoms with Crippen LogP contribution in [0, 0.1) is 0 Å². The van der Waals surface area contributed by atoms with E-state index >= 15 is 0 Å². The van der Waals surface area contributed by atoms with Crippen molar-refractivity contribution in [2.75, 3.05) is 24.6 Å². The second-order valence-corrected chi connectivity index (χ2v) is 12.1. The molecule has 0 spiro atoms. The second kappa shape index (κ2) is 9.43. The highest BCUT2D eigenvalue weighted by Crippen LogP contribution is 2.52. The number of nitrogens with one attached hydrogen (secondary N) is 6. The molecule has 1 aromatic carbocycles. The Morgan fingerprint density at radius 1 is 0.737 bits per heavy atom. The topological polar surface area (TPSA) is 199 Å². The Kier molecular flexibility index (Phi) is 6.32. The van der Waals surface area contributed by atoms with Crippen LogP contribution in [0.2, 0.25) is 0 Å². The number of rotatable bonds is 6. The Bertz CT molecular complexity index is 1600. The number of nitrogens with zero attached hydrogens (tertiary/aromatic N) is 2. The maximum atomic E-state index is 12.9. The fourth-order valence-electron chi connectivity index (χ4n) is 4.98. The zero-order chi connectivity index (χ0) is 26.9. The van der Waals surface area contributed by atoms with Gasteiger partial charge in [0.15, 0.2) is 11.9 Å². The van der Waals surface area contributed by atoms with E-state index in [-0.39, 0.29) is 35.5 Å². The third kappa shape index (κ3) is 4.13. The van der Waals surface area contributed by atoms with E-state index in [1.54, 1.807) is 12.1 Å². The standard InChI is InChI=1S/C22H18Br4N10O2/c23-7-1-9(31-17(7)25)19(37)29-3-5-6(4-30-20(38)10-2-8(24)18(26)32-10)12-11(5)13-15(35-21(27)33-13)16-14(12)34-22(28)36-16/h1-2,5-6,31-32H,3-4H2,(H,29,37)(H,30,38)(H3,27,33,35)(H3,28,34,36)/t5-,6-/m1/s1. The molecule has 16 heteroatoms.